The summed E-state index contributed by atoms with van der Waals surface area (Å²) >= 11 is 1.63. The average molecular weight is 454 g/mol. The van der Waals surface area contributed by atoms with Gasteiger partial charge in [-0.25, -0.2) is 4.79 Å². The number of thiophene rings is 1. The number of rotatable bonds is 7. The van der Waals surface area contributed by atoms with E-state index in [9.17, 15) is 9.59 Å². The number of hydrogen-bond acceptors (Lipinski definition) is 5. The van der Waals surface area contributed by atoms with Crippen molar-refractivity contribution in [2.75, 3.05) is 17.3 Å². The first-order valence-electron chi connectivity index (χ1n) is 9.95. The fourth-order valence-electron chi connectivity index (χ4n) is 2.74. The van der Waals surface area contributed by atoms with Crippen LogP contribution in [-0.2, 0) is 11.3 Å². The lowest BCUT2D eigenvalue weighted by Gasteiger charge is -2.16. The zero-order valence-electron chi connectivity index (χ0n) is 17.9. The molecule has 1 aromatic heterocycles. The highest BCUT2D eigenvalue weighted by Crippen LogP contribution is 2.30. The van der Waals surface area contributed by atoms with Gasteiger partial charge in [-0.15, -0.1) is 11.3 Å². The Kier molecular flexibility index (Phi) is 7.14. The highest BCUT2D eigenvalue weighted by molar-refractivity contribution is 7.13. The van der Waals surface area contributed by atoms with E-state index in [0.29, 0.717) is 29.7 Å². The van der Waals surface area contributed by atoms with Crippen LogP contribution in [0.1, 0.15) is 15.9 Å². The van der Waals surface area contributed by atoms with E-state index in [1.807, 2.05) is 29.6 Å². The minimum atomic E-state index is -1.44. The van der Waals surface area contributed by atoms with Crippen molar-refractivity contribution in [2.45, 2.75) is 26.2 Å². The monoisotopic (exact) mass is 453 g/mol. The number of benzene rings is 2. The van der Waals surface area contributed by atoms with E-state index >= 15 is 0 Å². The summed E-state index contributed by atoms with van der Waals surface area (Å²) in [5, 5.41) is 7.62. The Hall–Kier alpha value is -3.10. The predicted molar refractivity (Wildman–Crippen MR) is 130 cm³/mol. The first-order valence-corrected chi connectivity index (χ1v) is 14.5. The minimum absolute atomic E-state index is 0.246. The Morgan fingerprint density at radius 1 is 1.06 bits per heavy atom. The molecule has 1 heterocycles. The van der Waals surface area contributed by atoms with Crippen molar-refractivity contribution >= 4 is 42.8 Å². The van der Waals surface area contributed by atoms with E-state index in [1.54, 1.807) is 41.7 Å². The molecule has 0 aliphatic rings. The molecule has 0 aliphatic heterocycles. The number of nitrogens with two attached hydrogens (primary N) is 1. The van der Waals surface area contributed by atoms with Gasteiger partial charge in [-0.05, 0) is 46.8 Å². The quantitative estimate of drug-likeness (QED) is 0.332. The van der Waals surface area contributed by atoms with E-state index in [1.165, 1.54) is 0 Å². The number of alkyl carbamates (subject to hydrolysis) is 1. The second-order valence-electron chi connectivity index (χ2n) is 8.42. The standard InChI is InChI=1S/C23H27N3O3SSi/c1-31(2,3)15-29-23(28)25-14-16-6-8-17(9-7-16)22(27)26-20-13-18(10-11-19(20)24)21-5-4-12-30-21/h4-13H,14-15,24H2,1-3H3,(H,25,28)(H,26,27). The van der Waals surface area contributed by atoms with E-state index in [-0.39, 0.29) is 5.91 Å². The van der Waals surface area contributed by atoms with Crippen LogP contribution < -0.4 is 16.4 Å². The average Bonchev–Trinajstić information content (AvgIpc) is 3.27. The van der Waals surface area contributed by atoms with Crippen molar-refractivity contribution in [3.05, 3.63) is 71.1 Å². The van der Waals surface area contributed by atoms with Crippen LogP contribution in [0.4, 0.5) is 16.2 Å². The lowest BCUT2D eigenvalue weighted by Crippen LogP contribution is -2.33. The Balaban J connectivity index is 1.58. The fraction of sp³-hybridized carbons (Fsp3) is 0.217. The van der Waals surface area contributed by atoms with Gasteiger partial charge in [0.15, 0.2) is 0 Å². The van der Waals surface area contributed by atoms with Gasteiger partial charge < -0.3 is 21.1 Å². The molecule has 0 saturated heterocycles. The molecule has 0 fully saturated rings. The Bertz CT molecular complexity index is 1040. The van der Waals surface area contributed by atoms with Crippen LogP contribution in [0, 0.1) is 0 Å². The summed E-state index contributed by atoms with van der Waals surface area (Å²) in [6.07, 6.45) is 0.0553. The normalized spacial score (nSPS) is 11.1. The third-order valence-electron chi connectivity index (χ3n) is 4.40. The highest BCUT2D eigenvalue weighted by atomic mass is 32.1. The van der Waals surface area contributed by atoms with Gasteiger partial charge in [-0.3, -0.25) is 4.79 Å². The maximum Gasteiger partial charge on any atom is 0.407 e. The number of anilines is 2. The Morgan fingerprint density at radius 2 is 1.81 bits per heavy atom. The molecule has 2 aromatic carbocycles. The fourth-order valence-corrected chi connectivity index (χ4v) is 4.02. The van der Waals surface area contributed by atoms with Crippen LogP contribution >= 0.6 is 11.3 Å². The zero-order valence-corrected chi connectivity index (χ0v) is 19.7. The number of ether oxygens (including phenoxy) is 1. The first kappa shape index (κ1) is 22.6. The van der Waals surface area contributed by atoms with Gasteiger partial charge in [0.2, 0.25) is 0 Å². The summed E-state index contributed by atoms with van der Waals surface area (Å²) in [5.74, 6) is -0.246. The summed E-state index contributed by atoms with van der Waals surface area (Å²) in [7, 11) is -1.44. The van der Waals surface area contributed by atoms with Gasteiger partial charge in [-0.1, -0.05) is 43.9 Å². The van der Waals surface area contributed by atoms with Gasteiger partial charge in [0.05, 0.1) is 25.7 Å². The van der Waals surface area contributed by atoms with Crippen LogP contribution in [0.25, 0.3) is 10.4 Å². The molecule has 6 nitrogen and oxygen atoms in total. The summed E-state index contributed by atoms with van der Waals surface area (Å²) in [6, 6.07) is 16.7. The first-order chi connectivity index (χ1) is 14.7. The van der Waals surface area contributed by atoms with E-state index in [4.69, 9.17) is 10.5 Å². The Morgan fingerprint density at radius 3 is 2.45 bits per heavy atom. The van der Waals surface area contributed by atoms with Gasteiger partial charge in [0, 0.05) is 17.0 Å². The van der Waals surface area contributed by atoms with Crippen LogP contribution in [0.2, 0.25) is 19.6 Å². The maximum absolute atomic E-state index is 12.7. The molecule has 8 heteroatoms. The molecule has 31 heavy (non-hydrogen) atoms. The molecule has 0 spiro atoms. The van der Waals surface area contributed by atoms with Crippen LogP contribution in [0.5, 0.6) is 0 Å². The summed E-state index contributed by atoms with van der Waals surface area (Å²) in [5.41, 5.74) is 9.52. The summed E-state index contributed by atoms with van der Waals surface area (Å²) < 4.78 is 5.24. The second kappa shape index (κ2) is 9.80. The number of nitrogens with one attached hydrogen (secondary N) is 2. The molecule has 0 bridgehead atoms. The van der Waals surface area contributed by atoms with Crippen molar-refractivity contribution in [1.29, 1.82) is 0 Å². The molecule has 0 unspecified atom stereocenters. The predicted octanol–water partition coefficient (Wildman–Crippen LogP) is 5.35. The van der Waals surface area contributed by atoms with Crippen molar-refractivity contribution in [3.8, 4) is 10.4 Å². The van der Waals surface area contributed by atoms with Gasteiger partial charge >= 0.3 is 6.09 Å². The molecule has 3 rings (SSSR count). The number of hydrogen-bond donors (Lipinski definition) is 3. The van der Waals surface area contributed by atoms with Gasteiger partial charge in [0.1, 0.15) is 0 Å². The molecule has 4 N–H and O–H groups in total. The lowest BCUT2D eigenvalue weighted by molar-refractivity contribution is 0.102. The van der Waals surface area contributed by atoms with E-state index < -0.39 is 14.2 Å². The van der Waals surface area contributed by atoms with E-state index in [2.05, 4.69) is 30.3 Å². The maximum atomic E-state index is 12.7. The second-order valence-corrected chi connectivity index (χ2v) is 14.8. The van der Waals surface area contributed by atoms with Crippen molar-refractivity contribution < 1.29 is 14.3 Å². The van der Waals surface area contributed by atoms with E-state index in [0.717, 1.165) is 16.0 Å². The molecule has 2 amide bonds. The third kappa shape index (κ3) is 6.70. The van der Waals surface area contributed by atoms with Gasteiger partial charge in [0.25, 0.3) is 5.91 Å². The molecular formula is C23H27N3O3SSi. The van der Waals surface area contributed by atoms with Crippen LogP contribution in [0.3, 0.4) is 0 Å². The molecule has 0 aliphatic carbocycles. The SMILES string of the molecule is C[Si](C)(C)COC(=O)NCc1ccc(C(=O)Nc2cc(-c3cccs3)ccc2N)cc1. The van der Waals surface area contributed by atoms with Crippen LogP contribution in [0.15, 0.2) is 60.0 Å². The molecule has 3 aromatic rings. The topological polar surface area (TPSA) is 93.4 Å². The molecule has 162 valence electrons. The van der Waals surface area contributed by atoms with Crippen LogP contribution in [-0.4, -0.2) is 26.3 Å². The summed E-state index contributed by atoms with van der Waals surface area (Å²) in [4.78, 5) is 25.6. The largest absolute Gasteiger partial charge is 0.453 e. The van der Waals surface area contributed by atoms with Crippen molar-refractivity contribution in [1.82, 2.24) is 5.32 Å². The zero-order chi connectivity index (χ0) is 22.4. The third-order valence-corrected chi connectivity index (χ3v) is 6.33. The number of carbonyl (C=O) groups is 2. The highest BCUT2D eigenvalue weighted by Gasteiger charge is 2.16. The molecule has 0 saturated carbocycles. The number of carbonyl (C=O) groups excluding carboxylic acids is 2. The number of amides is 2. The minimum Gasteiger partial charge on any atom is -0.453 e. The summed E-state index contributed by atoms with van der Waals surface area (Å²) in [6.45, 7) is 6.74. The smallest absolute Gasteiger partial charge is 0.407 e. The Labute approximate surface area is 187 Å². The van der Waals surface area contributed by atoms with Crippen molar-refractivity contribution in [3.63, 3.8) is 0 Å². The lowest BCUT2D eigenvalue weighted by atomic mass is 10.1. The number of nitrogen functional groups attached to an aromatic ring is 1. The molecule has 0 radical (unpaired) electrons. The van der Waals surface area contributed by atoms with Crippen molar-refractivity contribution in [2.24, 2.45) is 0 Å². The molecular weight excluding hydrogens is 426 g/mol. The molecule has 0 atom stereocenters. The van der Waals surface area contributed by atoms with Gasteiger partial charge in [-0.2, -0.15) is 0 Å².